The summed E-state index contributed by atoms with van der Waals surface area (Å²) in [7, 11) is 1.25. The molecule has 0 spiro atoms. The largest absolute Gasteiger partial charge is 0.465 e. The Morgan fingerprint density at radius 2 is 2.03 bits per heavy atom. The molecule has 2 bridgehead atoms. The number of amides is 1. The van der Waals surface area contributed by atoms with Gasteiger partial charge in [0.15, 0.2) is 0 Å². The molecule has 2 atom stereocenters. The number of aromatic nitrogens is 4. The van der Waals surface area contributed by atoms with Crippen molar-refractivity contribution in [2.24, 2.45) is 5.92 Å². The fraction of sp³-hybridized carbons (Fsp3) is 0.381. The number of aromatic amines is 1. The van der Waals surface area contributed by atoms with Crippen molar-refractivity contribution < 1.29 is 14.3 Å². The number of fused-ring (bicyclic) bond motifs is 5. The Bertz CT molecular complexity index is 1270. The van der Waals surface area contributed by atoms with Gasteiger partial charge in [-0.3, -0.25) is 14.4 Å². The number of H-pyrrole nitrogens is 1. The maximum absolute atomic E-state index is 13.1. The molecule has 1 aromatic heterocycles. The van der Waals surface area contributed by atoms with E-state index in [9.17, 15) is 19.2 Å². The predicted octanol–water partition coefficient (Wildman–Crippen LogP) is 0.270. The van der Waals surface area contributed by atoms with Crippen LogP contribution in [-0.2, 0) is 22.6 Å². The molecule has 0 aliphatic carbocycles. The summed E-state index contributed by atoms with van der Waals surface area (Å²) in [6, 6.07) is 5.29. The second-order valence-corrected chi connectivity index (χ2v) is 8.15. The topological polar surface area (TPSA) is 119 Å². The van der Waals surface area contributed by atoms with Crippen LogP contribution in [-0.4, -0.2) is 56.3 Å². The molecular weight excluding hydrogens is 402 g/mol. The summed E-state index contributed by atoms with van der Waals surface area (Å²) in [6.07, 6.45) is 3.95. The van der Waals surface area contributed by atoms with Crippen molar-refractivity contribution >= 4 is 11.9 Å². The standard InChI is InChI=1S/C21H21N5O5/c1-31-21(30)15-10-24(9-14-19(15)22-23-20(14)29)11-18(28)25-6-12-5-13(8-25)16-3-2-4-17(27)26(16)7-12/h2-4,9-10,12-13H,5-8,11H2,1H3,(H,23,29)/t12-,13+/m1/s1. The van der Waals surface area contributed by atoms with Crippen LogP contribution in [0.25, 0.3) is 11.3 Å². The fourth-order valence-electron chi connectivity index (χ4n) is 4.80. The van der Waals surface area contributed by atoms with Crippen molar-refractivity contribution in [3.63, 3.8) is 0 Å². The van der Waals surface area contributed by atoms with E-state index < -0.39 is 11.5 Å². The number of hydrogen-bond acceptors (Lipinski definition) is 6. The van der Waals surface area contributed by atoms with Gasteiger partial charge in [0.25, 0.3) is 11.1 Å². The zero-order chi connectivity index (χ0) is 21.7. The molecule has 31 heavy (non-hydrogen) atoms. The van der Waals surface area contributed by atoms with E-state index >= 15 is 0 Å². The quantitative estimate of drug-likeness (QED) is 0.604. The van der Waals surface area contributed by atoms with Crippen LogP contribution in [0.15, 0.2) is 40.2 Å². The van der Waals surface area contributed by atoms with Gasteiger partial charge in [-0.05, 0) is 18.4 Å². The average molecular weight is 423 g/mol. The molecule has 5 rings (SSSR count). The Balaban J connectivity index is 1.41. The van der Waals surface area contributed by atoms with Crippen molar-refractivity contribution in [1.29, 1.82) is 0 Å². The van der Waals surface area contributed by atoms with E-state index in [-0.39, 0.29) is 46.7 Å². The second kappa shape index (κ2) is 7.22. The van der Waals surface area contributed by atoms with E-state index in [0.29, 0.717) is 19.6 Å². The van der Waals surface area contributed by atoms with Gasteiger partial charge in [-0.1, -0.05) is 6.07 Å². The van der Waals surface area contributed by atoms with Crippen molar-refractivity contribution in [3.8, 4) is 11.3 Å². The molecule has 1 N–H and O–H groups in total. The van der Waals surface area contributed by atoms with E-state index in [2.05, 4.69) is 10.2 Å². The van der Waals surface area contributed by atoms with E-state index in [1.807, 2.05) is 15.5 Å². The maximum Gasteiger partial charge on any atom is 0.341 e. The van der Waals surface area contributed by atoms with Gasteiger partial charge in [0.2, 0.25) is 5.91 Å². The highest BCUT2D eigenvalue weighted by Gasteiger charge is 2.36. The Hall–Kier alpha value is -3.69. The summed E-state index contributed by atoms with van der Waals surface area (Å²) in [5.41, 5.74) is 1.10. The minimum Gasteiger partial charge on any atom is -0.465 e. The lowest BCUT2D eigenvalue weighted by Gasteiger charge is -2.42. The zero-order valence-electron chi connectivity index (χ0n) is 16.9. The SMILES string of the molecule is COC(=O)c1cn(CC(=O)N2C[C@H]3C[C@@H](C2)c2cccc(=O)n2C3)cc2c(=O)[nH]nc1-2. The van der Waals surface area contributed by atoms with Crippen LogP contribution >= 0.6 is 0 Å². The Kier molecular flexibility index (Phi) is 4.49. The number of esters is 1. The number of pyridine rings is 2. The van der Waals surface area contributed by atoms with Crippen molar-refractivity contribution in [3.05, 3.63) is 62.6 Å². The third-order valence-corrected chi connectivity index (χ3v) is 6.17. The summed E-state index contributed by atoms with van der Waals surface area (Å²) in [6.45, 7) is 1.69. The number of hydrogen-bond donors (Lipinski definition) is 1. The molecular formula is C21H21N5O5. The summed E-state index contributed by atoms with van der Waals surface area (Å²) in [5, 5.41) is 6.22. The summed E-state index contributed by atoms with van der Waals surface area (Å²) < 4.78 is 8.14. The minimum absolute atomic E-state index is 0.000275. The number of methoxy groups -OCH3 is 1. The molecule has 0 aromatic carbocycles. The van der Waals surface area contributed by atoms with Crippen LogP contribution in [0, 0.1) is 5.92 Å². The van der Waals surface area contributed by atoms with Gasteiger partial charge in [0, 0.05) is 49.7 Å². The van der Waals surface area contributed by atoms with E-state index in [4.69, 9.17) is 4.74 Å². The van der Waals surface area contributed by atoms with Crippen LogP contribution in [0.5, 0.6) is 0 Å². The molecule has 0 saturated carbocycles. The van der Waals surface area contributed by atoms with Crippen molar-refractivity contribution in [2.45, 2.75) is 25.4 Å². The highest BCUT2D eigenvalue weighted by molar-refractivity contribution is 5.96. The lowest BCUT2D eigenvalue weighted by molar-refractivity contribution is -0.134. The van der Waals surface area contributed by atoms with Crippen molar-refractivity contribution in [2.75, 3.05) is 20.2 Å². The third kappa shape index (κ3) is 3.24. The zero-order valence-corrected chi connectivity index (χ0v) is 16.9. The fourth-order valence-corrected chi connectivity index (χ4v) is 4.80. The maximum atomic E-state index is 13.1. The monoisotopic (exact) mass is 423 g/mol. The lowest BCUT2D eigenvalue weighted by atomic mass is 9.83. The number of carbonyl (C=O) groups excluding carboxylic acids is 2. The number of carbonyl (C=O) groups is 2. The van der Waals surface area contributed by atoms with Crippen LogP contribution in [0.3, 0.4) is 0 Å². The van der Waals surface area contributed by atoms with Crippen LogP contribution in [0.2, 0.25) is 0 Å². The first-order valence-corrected chi connectivity index (χ1v) is 10.1. The molecule has 0 radical (unpaired) electrons. The van der Waals surface area contributed by atoms with Gasteiger partial charge in [-0.2, -0.15) is 5.10 Å². The van der Waals surface area contributed by atoms with E-state index in [0.717, 1.165) is 12.1 Å². The summed E-state index contributed by atoms with van der Waals surface area (Å²) in [5.74, 6) is -0.411. The van der Waals surface area contributed by atoms with Gasteiger partial charge >= 0.3 is 5.97 Å². The molecule has 5 heterocycles. The molecule has 1 saturated heterocycles. The molecule has 1 amide bonds. The van der Waals surface area contributed by atoms with E-state index in [1.54, 1.807) is 12.1 Å². The first kappa shape index (κ1) is 19.3. The third-order valence-electron chi connectivity index (χ3n) is 6.17. The molecule has 160 valence electrons. The molecule has 10 heteroatoms. The number of likely N-dealkylation sites (tertiary alicyclic amines) is 1. The molecule has 4 aliphatic heterocycles. The van der Waals surface area contributed by atoms with Crippen LogP contribution in [0.4, 0.5) is 0 Å². The average Bonchev–Trinajstić information content (AvgIpc) is 3.14. The summed E-state index contributed by atoms with van der Waals surface area (Å²) >= 11 is 0. The first-order chi connectivity index (χ1) is 14.9. The van der Waals surface area contributed by atoms with E-state index in [1.165, 1.54) is 24.1 Å². The van der Waals surface area contributed by atoms with Gasteiger partial charge in [-0.15, -0.1) is 0 Å². The number of nitrogens with zero attached hydrogens (tertiary/aromatic N) is 4. The number of rotatable bonds is 3. The Morgan fingerprint density at radius 1 is 1.19 bits per heavy atom. The van der Waals surface area contributed by atoms with Crippen molar-refractivity contribution in [1.82, 2.24) is 24.2 Å². The molecule has 4 aliphatic rings. The normalized spacial score (nSPS) is 19.8. The Labute approximate surface area is 176 Å². The van der Waals surface area contributed by atoms with Gasteiger partial charge in [-0.25, -0.2) is 9.89 Å². The molecule has 10 nitrogen and oxygen atoms in total. The molecule has 1 fully saturated rings. The van der Waals surface area contributed by atoms with Gasteiger partial charge < -0.3 is 18.8 Å². The predicted molar refractivity (Wildman–Crippen MR) is 109 cm³/mol. The van der Waals surface area contributed by atoms with Gasteiger partial charge in [0.05, 0.1) is 12.7 Å². The first-order valence-electron chi connectivity index (χ1n) is 10.1. The summed E-state index contributed by atoms with van der Waals surface area (Å²) in [4.78, 5) is 51.3. The smallest absolute Gasteiger partial charge is 0.341 e. The van der Waals surface area contributed by atoms with Crippen LogP contribution < -0.4 is 11.1 Å². The number of nitrogens with one attached hydrogen (secondary N) is 1. The molecule has 1 aromatic rings. The van der Waals surface area contributed by atoms with Gasteiger partial charge in [0.1, 0.15) is 17.8 Å². The minimum atomic E-state index is -0.632. The van der Waals surface area contributed by atoms with Crippen LogP contribution in [0.1, 0.15) is 28.4 Å². The number of ether oxygens (including phenoxy) is 1. The molecule has 0 unspecified atom stereocenters. The second-order valence-electron chi connectivity index (χ2n) is 8.15. The highest BCUT2D eigenvalue weighted by Crippen LogP contribution is 2.35. The lowest BCUT2D eigenvalue weighted by Crippen LogP contribution is -2.49. The Morgan fingerprint density at radius 3 is 2.84 bits per heavy atom. The number of piperidine rings is 1. The highest BCUT2D eigenvalue weighted by atomic mass is 16.5.